The van der Waals surface area contributed by atoms with Crippen LogP contribution >= 0.6 is 0 Å². The maximum atomic E-state index is 10.7. The van der Waals surface area contributed by atoms with Crippen molar-refractivity contribution >= 4 is 5.97 Å². The molecule has 1 N–H and O–H groups in total. The zero-order valence-corrected chi connectivity index (χ0v) is 11.2. The lowest BCUT2D eigenvalue weighted by Crippen LogP contribution is -2.01. The summed E-state index contributed by atoms with van der Waals surface area (Å²) in [5.74, 6) is -0.142. The van der Waals surface area contributed by atoms with Gasteiger partial charge in [0.15, 0.2) is 0 Å². The second kappa shape index (κ2) is 5.14. The molecule has 0 unspecified atom stereocenters. The first-order valence-corrected chi connectivity index (χ1v) is 5.91. The molecule has 1 heterocycles. The summed E-state index contributed by atoms with van der Waals surface area (Å²) < 4.78 is 7.02. The molecule has 0 radical (unpaired) electrons. The Bertz CT molecular complexity index is 617. The minimum Gasteiger partial charge on any atom is -0.496 e. The fraction of sp³-hybridized carbons (Fsp3) is 0.286. The Balaban J connectivity index is 2.49. The molecule has 0 spiro atoms. The molecular formula is C14H16N2O3. The van der Waals surface area contributed by atoms with E-state index in [0.29, 0.717) is 5.69 Å². The quantitative estimate of drug-likeness (QED) is 0.913. The van der Waals surface area contributed by atoms with Crippen molar-refractivity contribution < 1.29 is 14.6 Å². The molecule has 100 valence electrons. The summed E-state index contributed by atoms with van der Waals surface area (Å²) in [6.07, 6.45) is -0.0814. The zero-order chi connectivity index (χ0) is 14.0. The molecule has 0 atom stereocenters. The highest BCUT2D eigenvalue weighted by atomic mass is 16.5. The predicted molar refractivity (Wildman–Crippen MR) is 71.3 cm³/mol. The van der Waals surface area contributed by atoms with Crippen LogP contribution < -0.4 is 4.74 Å². The van der Waals surface area contributed by atoms with Gasteiger partial charge in [-0.2, -0.15) is 5.10 Å². The maximum absolute atomic E-state index is 10.7. The van der Waals surface area contributed by atoms with Crippen LogP contribution in [0.2, 0.25) is 0 Å². The number of aliphatic carboxylic acids is 1. The van der Waals surface area contributed by atoms with Gasteiger partial charge in [-0.05, 0) is 25.1 Å². The van der Waals surface area contributed by atoms with Gasteiger partial charge in [-0.15, -0.1) is 0 Å². The number of nitrogens with zero attached hydrogens (tertiary/aromatic N) is 2. The van der Waals surface area contributed by atoms with Gasteiger partial charge < -0.3 is 9.84 Å². The molecule has 0 aliphatic carbocycles. The molecule has 0 saturated carbocycles. The van der Waals surface area contributed by atoms with Crippen LogP contribution in [0.25, 0.3) is 11.3 Å². The Morgan fingerprint density at radius 1 is 1.42 bits per heavy atom. The van der Waals surface area contributed by atoms with Crippen LogP contribution in [0.1, 0.15) is 11.3 Å². The van der Waals surface area contributed by atoms with Crippen molar-refractivity contribution in [2.24, 2.45) is 7.05 Å². The van der Waals surface area contributed by atoms with Crippen LogP contribution in [0, 0.1) is 6.92 Å². The number of aryl methyl sites for hydroxylation is 2. The minimum atomic E-state index is -0.888. The molecule has 1 aromatic heterocycles. The van der Waals surface area contributed by atoms with Crippen LogP contribution in [0.15, 0.2) is 24.3 Å². The molecule has 0 fully saturated rings. The van der Waals surface area contributed by atoms with Crippen LogP contribution in [0.5, 0.6) is 5.75 Å². The van der Waals surface area contributed by atoms with E-state index in [-0.39, 0.29) is 6.42 Å². The fourth-order valence-electron chi connectivity index (χ4n) is 2.04. The highest BCUT2D eigenvalue weighted by Gasteiger charge is 2.13. The van der Waals surface area contributed by atoms with Crippen molar-refractivity contribution in [2.45, 2.75) is 13.3 Å². The van der Waals surface area contributed by atoms with E-state index < -0.39 is 5.97 Å². The fourth-order valence-corrected chi connectivity index (χ4v) is 2.04. The first-order valence-electron chi connectivity index (χ1n) is 5.91. The smallest absolute Gasteiger partial charge is 0.309 e. The lowest BCUT2D eigenvalue weighted by Gasteiger charge is -2.09. The van der Waals surface area contributed by atoms with Gasteiger partial charge in [0.2, 0.25) is 0 Å². The summed E-state index contributed by atoms with van der Waals surface area (Å²) in [6, 6.07) is 7.65. The van der Waals surface area contributed by atoms with E-state index in [0.717, 1.165) is 22.6 Å². The summed E-state index contributed by atoms with van der Waals surface area (Å²) in [6.45, 7) is 2.00. The van der Waals surface area contributed by atoms with Gasteiger partial charge in [0, 0.05) is 12.6 Å². The average molecular weight is 260 g/mol. The Morgan fingerprint density at radius 2 is 2.16 bits per heavy atom. The number of carboxylic acid groups (broad SMARTS) is 1. The van der Waals surface area contributed by atoms with Crippen molar-refractivity contribution in [1.82, 2.24) is 9.78 Å². The van der Waals surface area contributed by atoms with Crippen molar-refractivity contribution in [3.05, 3.63) is 35.5 Å². The first-order chi connectivity index (χ1) is 9.01. The molecule has 19 heavy (non-hydrogen) atoms. The van der Waals surface area contributed by atoms with Gasteiger partial charge in [0.25, 0.3) is 0 Å². The second-order valence-electron chi connectivity index (χ2n) is 4.42. The number of carboxylic acids is 1. The van der Waals surface area contributed by atoms with Crippen molar-refractivity contribution in [3.8, 4) is 17.0 Å². The SMILES string of the molecule is COc1ccc(C)cc1-c1cc(CC(=O)O)nn1C. The third-order valence-corrected chi connectivity index (χ3v) is 2.89. The highest BCUT2D eigenvalue weighted by Crippen LogP contribution is 2.31. The van der Waals surface area contributed by atoms with Crippen molar-refractivity contribution in [1.29, 1.82) is 0 Å². The van der Waals surface area contributed by atoms with E-state index in [1.165, 1.54) is 0 Å². The minimum absolute atomic E-state index is 0.0814. The molecule has 5 nitrogen and oxygen atoms in total. The highest BCUT2D eigenvalue weighted by molar-refractivity contribution is 5.72. The van der Waals surface area contributed by atoms with E-state index in [9.17, 15) is 4.79 Å². The average Bonchev–Trinajstić information content (AvgIpc) is 2.69. The standard InChI is InChI=1S/C14H16N2O3/c1-9-4-5-13(19-3)11(6-9)12-7-10(8-14(17)18)15-16(12)2/h4-7H,8H2,1-3H3,(H,17,18). The molecule has 0 aliphatic rings. The van der Waals surface area contributed by atoms with E-state index in [1.54, 1.807) is 24.9 Å². The number of hydrogen-bond donors (Lipinski definition) is 1. The van der Waals surface area contributed by atoms with Gasteiger partial charge >= 0.3 is 5.97 Å². The summed E-state index contributed by atoms with van der Waals surface area (Å²) >= 11 is 0. The third kappa shape index (κ3) is 2.76. The second-order valence-corrected chi connectivity index (χ2v) is 4.42. The van der Waals surface area contributed by atoms with Crippen molar-refractivity contribution in [3.63, 3.8) is 0 Å². The lowest BCUT2D eigenvalue weighted by molar-refractivity contribution is -0.136. The van der Waals surface area contributed by atoms with Gasteiger partial charge in [0.1, 0.15) is 5.75 Å². The van der Waals surface area contributed by atoms with Crippen LogP contribution in [-0.2, 0) is 18.3 Å². The number of benzene rings is 1. The molecule has 1 aromatic carbocycles. The molecule has 2 aromatic rings. The topological polar surface area (TPSA) is 64.3 Å². The number of carbonyl (C=O) groups is 1. The zero-order valence-electron chi connectivity index (χ0n) is 11.2. The molecular weight excluding hydrogens is 244 g/mol. The number of hydrogen-bond acceptors (Lipinski definition) is 3. The monoisotopic (exact) mass is 260 g/mol. The molecule has 5 heteroatoms. The third-order valence-electron chi connectivity index (χ3n) is 2.89. The van der Waals surface area contributed by atoms with Crippen molar-refractivity contribution in [2.75, 3.05) is 7.11 Å². The lowest BCUT2D eigenvalue weighted by atomic mass is 10.1. The Kier molecular flexibility index (Phi) is 3.55. The van der Waals surface area contributed by atoms with E-state index in [1.807, 2.05) is 25.1 Å². The molecule has 0 aliphatic heterocycles. The van der Waals surface area contributed by atoms with Crippen LogP contribution in [-0.4, -0.2) is 28.0 Å². The van der Waals surface area contributed by atoms with Gasteiger partial charge in [-0.3, -0.25) is 9.48 Å². The van der Waals surface area contributed by atoms with Gasteiger partial charge in [0.05, 0.1) is 24.9 Å². The largest absolute Gasteiger partial charge is 0.496 e. The van der Waals surface area contributed by atoms with E-state index >= 15 is 0 Å². The summed E-state index contributed by atoms with van der Waals surface area (Å²) in [5, 5.41) is 13.0. The molecule has 0 amide bonds. The molecule has 0 bridgehead atoms. The predicted octanol–water partition coefficient (Wildman–Crippen LogP) is 2.03. The van der Waals surface area contributed by atoms with E-state index in [2.05, 4.69) is 5.10 Å². The van der Waals surface area contributed by atoms with Crippen LogP contribution in [0.4, 0.5) is 0 Å². The van der Waals surface area contributed by atoms with Gasteiger partial charge in [-0.1, -0.05) is 11.6 Å². The normalized spacial score (nSPS) is 10.5. The van der Waals surface area contributed by atoms with E-state index in [4.69, 9.17) is 9.84 Å². The molecule has 2 rings (SSSR count). The summed E-state index contributed by atoms with van der Waals surface area (Å²) in [4.78, 5) is 10.7. The Morgan fingerprint density at radius 3 is 2.79 bits per heavy atom. The number of methoxy groups -OCH3 is 1. The number of aromatic nitrogens is 2. The van der Waals surface area contributed by atoms with Gasteiger partial charge in [-0.25, -0.2) is 0 Å². The maximum Gasteiger partial charge on any atom is 0.309 e. The molecule has 0 saturated heterocycles. The summed E-state index contributed by atoms with van der Waals surface area (Å²) in [7, 11) is 3.41. The summed E-state index contributed by atoms with van der Waals surface area (Å²) in [5.41, 5.74) is 3.40. The first kappa shape index (κ1) is 13.1. The number of ether oxygens (including phenoxy) is 1. The Hall–Kier alpha value is -2.30. The van der Waals surface area contributed by atoms with Crippen LogP contribution in [0.3, 0.4) is 0 Å². The Labute approximate surface area is 111 Å². The number of rotatable bonds is 4.